The minimum absolute atomic E-state index is 0.141. The van der Waals surface area contributed by atoms with Crippen LogP contribution in [0.1, 0.15) is 21.6 Å². The predicted molar refractivity (Wildman–Crippen MR) is 91.8 cm³/mol. The smallest absolute Gasteiger partial charge is 0.251 e. The molecule has 0 radical (unpaired) electrons. The Morgan fingerprint density at radius 1 is 1.12 bits per heavy atom. The predicted octanol–water partition coefficient (Wildman–Crippen LogP) is 3.23. The molecule has 0 bridgehead atoms. The number of benzene rings is 2. The summed E-state index contributed by atoms with van der Waals surface area (Å²) in [6.07, 6.45) is 1.45. The van der Waals surface area contributed by atoms with Crippen molar-refractivity contribution < 1.29 is 18.3 Å². The number of amides is 1. The van der Waals surface area contributed by atoms with Crippen molar-refractivity contribution in [1.29, 1.82) is 0 Å². The summed E-state index contributed by atoms with van der Waals surface area (Å²) in [6.45, 7) is 0.619. The monoisotopic (exact) mass is 357 g/mol. The van der Waals surface area contributed by atoms with E-state index in [-0.39, 0.29) is 18.1 Å². The van der Waals surface area contributed by atoms with Crippen molar-refractivity contribution >= 4 is 5.91 Å². The van der Waals surface area contributed by atoms with Crippen LogP contribution >= 0.6 is 0 Å². The number of hydrogen-bond donors (Lipinski definition) is 1. The molecule has 0 unspecified atom stereocenters. The van der Waals surface area contributed by atoms with E-state index in [1.54, 1.807) is 25.3 Å². The molecule has 1 amide bonds. The Hall–Kier alpha value is -3.06. The fourth-order valence-corrected chi connectivity index (χ4v) is 2.48. The van der Waals surface area contributed by atoms with Crippen molar-refractivity contribution in [3.8, 4) is 5.69 Å². The second-order valence-electron chi connectivity index (χ2n) is 5.63. The van der Waals surface area contributed by atoms with Crippen LogP contribution in [0.4, 0.5) is 8.78 Å². The molecule has 0 fully saturated rings. The van der Waals surface area contributed by atoms with E-state index in [4.69, 9.17) is 4.74 Å². The maximum absolute atomic E-state index is 13.8. The van der Waals surface area contributed by atoms with Crippen LogP contribution in [0.5, 0.6) is 0 Å². The molecule has 134 valence electrons. The number of para-hydroxylation sites is 1. The molecule has 0 saturated heterocycles. The molecule has 0 spiro atoms. The zero-order chi connectivity index (χ0) is 18.5. The highest BCUT2D eigenvalue weighted by Gasteiger charge is 2.12. The van der Waals surface area contributed by atoms with Gasteiger partial charge in [-0.1, -0.05) is 18.2 Å². The normalized spacial score (nSPS) is 10.7. The molecule has 2 aromatic carbocycles. The molecule has 1 heterocycles. The second-order valence-corrected chi connectivity index (χ2v) is 5.63. The number of ether oxygens (including phenoxy) is 1. The number of nitrogens with zero attached hydrogens (tertiary/aromatic N) is 2. The minimum atomic E-state index is -0.708. The van der Waals surface area contributed by atoms with Crippen LogP contribution in [-0.2, 0) is 17.9 Å². The molecule has 0 aliphatic rings. The van der Waals surface area contributed by atoms with Gasteiger partial charge in [-0.25, -0.2) is 13.5 Å². The Bertz CT molecular complexity index is 887. The molecule has 3 rings (SSSR count). The Kier molecular flexibility index (Phi) is 5.38. The highest BCUT2D eigenvalue weighted by Crippen LogP contribution is 2.16. The van der Waals surface area contributed by atoms with E-state index in [2.05, 4.69) is 10.4 Å². The third-order valence-corrected chi connectivity index (χ3v) is 3.77. The number of hydrogen-bond acceptors (Lipinski definition) is 3. The van der Waals surface area contributed by atoms with E-state index in [0.29, 0.717) is 17.9 Å². The van der Waals surface area contributed by atoms with Crippen LogP contribution in [-0.4, -0.2) is 22.8 Å². The number of halogens is 2. The van der Waals surface area contributed by atoms with Gasteiger partial charge in [0.25, 0.3) is 5.91 Å². The molecule has 26 heavy (non-hydrogen) atoms. The summed E-state index contributed by atoms with van der Waals surface area (Å²) in [5.74, 6) is -1.68. The van der Waals surface area contributed by atoms with Gasteiger partial charge >= 0.3 is 0 Å². The lowest BCUT2D eigenvalue weighted by molar-refractivity contribution is 0.0950. The molecule has 5 nitrogen and oxygen atoms in total. The Labute approximate surface area is 149 Å². The van der Waals surface area contributed by atoms with Crippen LogP contribution < -0.4 is 5.32 Å². The maximum atomic E-state index is 13.8. The molecular formula is C19H17F2N3O2. The minimum Gasteiger partial charge on any atom is -0.380 e. The zero-order valence-electron chi connectivity index (χ0n) is 14.1. The molecule has 1 aromatic heterocycles. The van der Waals surface area contributed by atoms with Gasteiger partial charge in [-0.3, -0.25) is 4.79 Å². The first-order valence-electron chi connectivity index (χ1n) is 7.93. The lowest BCUT2D eigenvalue weighted by atomic mass is 10.1. The van der Waals surface area contributed by atoms with Crippen LogP contribution in [0.3, 0.4) is 0 Å². The number of methoxy groups -OCH3 is 1. The van der Waals surface area contributed by atoms with Gasteiger partial charge in [-0.15, -0.1) is 0 Å². The summed E-state index contributed by atoms with van der Waals surface area (Å²) in [7, 11) is 1.60. The molecule has 0 saturated carbocycles. The first kappa shape index (κ1) is 17.8. The van der Waals surface area contributed by atoms with Crippen LogP contribution in [0, 0.1) is 11.6 Å². The highest BCUT2D eigenvalue weighted by atomic mass is 19.1. The van der Waals surface area contributed by atoms with Crippen molar-refractivity contribution in [2.24, 2.45) is 0 Å². The zero-order valence-corrected chi connectivity index (χ0v) is 14.1. The van der Waals surface area contributed by atoms with E-state index in [0.717, 1.165) is 22.4 Å². The summed E-state index contributed by atoms with van der Waals surface area (Å²) in [4.78, 5) is 12.2. The molecule has 7 heteroatoms. The van der Waals surface area contributed by atoms with E-state index < -0.39 is 11.6 Å². The van der Waals surface area contributed by atoms with Gasteiger partial charge in [-0.2, -0.15) is 5.10 Å². The molecule has 3 aromatic rings. The fourth-order valence-electron chi connectivity index (χ4n) is 2.48. The van der Waals surface area contributed by atoms with Gasteiger partial charge < -0.3 is 10.1 Å². The van der Waals surface area contributed by atoms with E-state index in [9.17, 15) is 13.6 Å². The first-order chi connectivity index (χ1) is 12.6. The number of aromatic nitrogens is 2. The molecule has 1 N–H and O–H groups in total. The summed E-state index contributed by atoms with van der Waals surface area (Å²) in [6, 6.07) is 12.2. The molecular weight excluding hydrogens is 340 g/mol. The van der Waals surface area contributed by atoms with Gasteiger partial charge in [0.1, 0.15) is 5.69 Å². The number of carbonyl (C=O) groups is 1. The summed E-state index contributed by atoms with van der Waals surface area (Å²) in [5, 5.41) is 6.84. The van der Waals surface area contributed by atoms with Crippen molar-refractivity contribution in [1.82, 2.24) is 15.1 Å². The summed E-state index contributed by atoms with van der Waals surface area (Å²) < 4.78 is 33.7. The van der Waals surface area contributed by atoms with Crippen molar-refractivity contribution in [2.45, 2.75) is 13.2 Å². The van der Waals surface area contributed by atoms with E-state index >= 15 is 0 Å². The van der Waals surface area contributed by atoms with Crippen LogP contribution in [0.15, 0.2) is 54.7 Å². The topological polar surface area (TPSA) is 56.1 Å². The van der Waals surface area contributed by atoms with Gasteiger partial charge in [0, 0.05) is 18.9 Å². The standard InChI is InChI=1S/C19H17F2N3O2/c1-26-12-13-5-7-14(8-6-13)19(25)22-11-15-9-10-24(23-15)18-16(20)3-2-4-17(18)21/h2-10H,11-12H2,1H3,(H,22,25). The highest BCUT2D eigenvalue weighted by molar-refractivity contribution is 5.94. The lowest BCUT2D eigenvalue weighted by Gasteiger charge is -2.06. The molecule has 0 aliphatic carbocycles. The Morgan fingerprint density at radius 2 is 1.81 bits per heavy atom. The Morgan fingerprint density at radius 3 is 2.46 bits per heavy atom. The van der Waals surface area contributed by atoms with Crippen molar-refractivity contribution in [3.05, 3.63) is 83.2 Å². The van der Waals surface area contributed by atoms with Gasteiger partial charge in [0.05, 0.1) is 18.8 Å². The Balaban J connectivity index is 1.65. The number of rotatable bonds is 6. The average molecular weight is 357 g/mol. The number of nitrogens with one attached hydrogen (secondary N) is 1. The maximum Gasteiger partial charge on any atom is 0.251 e. The van der Waals surface area contributed by atoms with Crippen molar-refractivity contribution in [2.75, 3.05) is 7.11 Å². The summed E-state index contributed by atoms with van der Waals surface area (Å²) >= 11 is 0. The van der Waals surface area contributed by atoms with Crippen LogP contribution in [0.25, 0.3) is 5.69 Å². The second kappa shape index (κ2) is 7.88. The average Bonchev–Trinajstić information content (AvgIpc) is 3.09. The van der Waals surface area contributed by atoms with Gasteiger partial charge in [-0.05, 0) is 35.9 Å². The van der Waals surface area contributed by atoms with E-state index in [1.807, 2.05) is 12.1 Å². The quantitative estimate of drug-likeness (QED) is 0.737. The summed E-state index contributed by atoms with van der Waals surface area (Å²) in [5.41, 5.74) is 1.70. The fraction of sp³-hybridized carbons (Fsp3) is 0.158. The largest absolute Gasteiger partial charge is 0.380 e. The van der Waals surface area contributed by atoms with Crippen molar-refractivity contribution in [3.63, 3.8) is 0 Å². The molecule has 0 atom stereocenters. The third-order valence-electron chi connectivity index (χ3n) is 3.77. The lowest BCUT2D eigenvalue weighted by Crippen LogP contribution is -2.23. The first-order valence-corrected chi connectivity index (χ1v) is 7.93. The molecule has 0 aliphatic heterocycles. The number of carbonyl (C=O) groups excluding carboxylic acids is 1. The van der Waals surface area contributed by atoms with Crippen LogP contribution in [0.2, 0.25) is 0 Å². The van der Waals surface area contributed by atoms with Gasteiger partial charge in [0.15, 0.2) is 11.6 Å². The SMILES string of the molecule is COCc1ccc(C(=O)NCc2ccn(-c3c(F)cccc3F)n2)cc1. The van der Waals surface area contributed by atoms with E-state index in [1.165, 1.54) is 12.3 Å². The van der Waals surface area contributed by atoms with Gasteiger partial charge in [0.2, 0.25) is 0 Å². The third kappa shape index (κ3) is 3.94.